The van der Waals surface area contributed by atoms with E-state index in [4.69, 9.17) is 9.84 Å². The SMILES string of the molecule is CCOC(=O)C1CN(C)CCN1.CN1CCNC(C(=O)O)C1. The second-order valence-electron chi connectivity index (χ2n) is 5.63. The maximum Gasteiger partial charge on any atom is 0.324 e. The van der Waals surface area contributed by atoms with Crippen molar-refractivity contribution in [3.05, 3.63) is 0 Å². The highest BCUT2D eigenvalue weighted by molar-refractivity contribution is 5.76. The number of aliphatic carboxylic acids is 1. The van der Waals surface area contributed by atoms with Gasteiger partial charge in [-0.15, -0.1) is 0 Å². The number of carboxylic acid groups (broad SMARTS) is 1. The molecule has 2 heterocycles. The summed E-state index contributed by atoms with van der Waals surface area (Å²) in [5.41, 5.74) is 0. The van der Waals surface area contributed by atoms with Crippen LogP contribution in [0.1, 0.15) is 6.92 Å². The normalized spacial score (nSPS) is 26.7. The first-order chi connectivity index (χ1) is 10.4. The van der Waals surface area contributed by atoms with Crippen LogP contribution in [0, 0.1) is 0 Å². The molecule has 0 radical (unpaired) electrons. The van der Waals surface area contributed by atoms with Crippen molar-refractivity contribution in [1.82, 2.24) is 20.4 Å². The third-order valence-electron chi connectivity index (χ3n) is 3.63. The van der Waals surface area contributed by atoms with Gasteiger partial charge in [0.15, 0.2) is 0 Å². The van der Waals surface area contributed by atoms with Crippen molar-refractivity contribution in [2.24, 2.45) is 0 Å². The molecule has 0 saturated carbocycles. The van der Waals surface area contributed by atoms with Crippen molar-refractivity contribution in [2.75, 3.05) is 60.0 Å². The predicted octanol–water partition coefficient (Wildman–Crippen LogP) is -1.57. The van der Waals surface area contributed by atoms with Gasteiger partial charge in [0.1, 0.15) is 12.1 Å². The minimum absolute atomic E-state index is 0.135. The smallest absolute Gasteiger partial charge is 0.324 e. The summed E-state index contributed by atoms with van der Waals surface area (Å²) in [6.07, 6.45) is 0. The van der Waals surface area contributed by atoms with Crippen molar-refractivity contribution >= 4 is 11.9 Å². The van der Waals surface area contributed by atoms with E-state index in [2.05, 4.69) is 15.5 Å². The van der Waals surface area contributed by atoms with E-state index >= 15 is 0 Å². The van der Waals surface area contributed by atoms with Crippen molar-refractivity contribution in [3.63, 3.8) is 0 Å². The summed E-state index contributed by atoms with van der Waals surface area (Å²) in [7, 11) is 3.93. The van der Waals surface area contributed by atoms with Crippen LogP contribution in [0.2, 0.25) is 0 Å². The fourth-order valence-corrected chi connectivity index (χ4v) is 2.36. The molecule has 2 atom stereocenters. The second kappa shape index (κ2) is 9.73. The lowest BCUT2D eigenvalue weighted by atomic mass is 10.2. The van der Waals surface area contributed by atoms with Crippen LogP contribution in [0.15, 0.2) is 0 Å². The molecule has 2 unspecified atom stereocenters. The molecular weight excluding hydrogens is 288 g/mol. The molecule has 2 fully saturated rings. The molecule has 2 rings (SSSR count). The van der Waals surface area contributed by atoms with Gasteiger partial charge >= 0.3 is 11.9 Å². The number of piperazine rings is 2. The van der Waals surface area contributed by atoms with Crippen molar-refractivity contribution in [1.29, 1.82) is 0 Å². The van der Waals surface area contributed by atoms with Crippen LogP contribution in [0.3, 0.4) is 0 Å². The number of rotatable bonds is 3. The van der Waals surface area contributed by atoms with Crippen LogP contribution in [-0.2, 0) is 14.3 Å². The average Bonchev–Trinajstić information content (AvgIpc) is 2.48. The summed E-state index contributed by atoms with van der Waals surface area (Å²) in [6.45, 7) is 7.20. The Morgan fingerprint density at radius 1 is 1.09 bits per heavy atom. The lowest BCUT2D eigenvalue weighted by molar-refractivity contribution is -0.146. The topological polar surface area (TPSA) is 94.1 Å². The van der Waals surface area contributed by atoms with Crippen molar-refractivity contribution in [2.45, 2.75) is 19.0 Å². The quantitative estimate of drug-likeness (QED) is 0.538. The molecule has 2 saturated heterocycles. The van der Waals surface area contributed by atoms with Crippen LogP contribution in [0.25, 0.3) is 0 Å². The van der Waals surface area contributed by atoms with Crippen LogP contribution in [-0.4, -0.2) is 98.9 Å². The maximum atomic E-state index is 11.2. The van der Waals surface area contributed by atoms with E-state index in [-0.39, 0.29) is 18.1 Å². The zero-order chi connectivity index (χ0) is 16.5. The summed E-state index contributed by atoms with van der Waals surface area (Å²) in [6, 6.07) is -0.512. The van der Waals surface area contributed by atoms with E-state index < -0.39 is 5.97 Å². The average molecular weight is 316 g/mol. The van der Waals surface area contributed by atoms with Gasteiger partial charge in [-0.2, -0.15) is 0 Å². The van der Waals surface area contributed by atoms with Crippen LogP contribution < -0.4 is 10.6 Å². The molecule has 0 aromatic rings. The molecule has 0 aromatic heterocycles. The summed E-state index contributed by atoms with van der Waals surface area (Å²) >= 11 is 0. The lowest BCUT2D eigenvalue weighted by Crippen LogP contribution is -2.53. The lowest BCUT2D eigenvalue weighted by Gasteiger charge is -2.29. The monoisotopic (exact) mass is 316 g/mol. The first kappa shape index (κ1) is 18.8. The Hall–Kier alpha value is -1.22. The van der Waals surface area contributed by atoms with E-state index in [0.717, 1.165) is 32.7 Å². The van der Waals surface area contributed by atoms with E-state index in [1.807, 2.05) is 25.9 Å². The van der Waals surface area contributed by atoms with Gasteiger partial charge in [0.2, 0.25) is 0 Å². The third-order valence-corrected chi connectivity index (χ3v) is 3.63. The Labute approximate surface area is 131 Å². The largest absolute Gasteiger partial charge is 0.480 e. The van der Waals surface area contributed by atoms with E-state index in [0.29, 0.717) is 13.2 Å². The van der Waals surface area contributed by atoms with E-state index in [1.165, 1.54) is 0 Å². The first-order valence-electron chi connectivity index (χ1n) is 7.67. The van der Waals surface area contributed by atoms with E-state index in [9.17, 15) is 9.59 Å². The molecule has 0 aromatic carbocycles. The molecule has 2 aliphatic rings. The van der Waals surface area contributed by atoms with Gasteiger partial charge in [-0.05, 0) is 21.0 Å². The Morgan fingerprint density at radius 3 is 2.00 bits per heavy atom. The number of likely N-dealkylation sites (N-methyl/N-ethyl adjacent to an activating group) is 2. The second-order valence-corrected chi connectivity index (χ2v) is 5.63. The van der Waals surface area contributed by atoms with Gasteiger partial charge in [-0.25, -0.2) is 0 Å². The van der Waals surface area contributed by atoms with Crippen molar-refractivity contribution in [3.8, 4) is 0 Å². The predicted molar refractivity (Wildman–Crippen MR) is 82.8 cm³/mol. The number of ether oxygens (including phenoxy) is 1. The van der Waals surface area contributed by atoms with Gasteiger partial charge in [-0.1, -0.05) is 0 Å². The fraction of sp³-hybridized carbons (Fsp3) is 0.857. The standard InChI is InChI=1S/C8H16N2O2.C6H12N2O2/c1-3-12-8(11)7-6-10(2)5-4-9-7;1-8-3-2-7-5(4-8)6(9)10/h7,9H,3-6H2,1-2H3;5,7H,2-4H2,1H3,(H,9,10). The zero-order valence-electron chi connectivity index (χ0n) is 13.7. The van der Waals surface area contributed by atoms with Gasteiger partial charge < -0.3 is 30.3 Å². The molecule has 8 heteroatoms. The highest BCUT2D eigenvalue weighted by Crippen LogP contribution is 1.98. The number of carbonyl (C=O) groups is 2. The van der Waals surface area contributed by atoms with Gasteiger partial charge in [-0.3, -0.25) is 9.59 Å². The van der Waals surface area contributed by atoms with Crippen molar-refractivity contribution < 1.29 is 19.4 Å². The van der Waals surface area contributed by atoms with Gasteiger partial charge in [0.25, 0.3) is 0 Å². The zero-order valence-corrected chi connectivity index (χ0v) is 13.7. The maximum absolute atomic E-state index is 11.2. The fourth-order valence-electron chi connectivity index (χ4n) is 2.36. The number of hydrogen-bond acceptors (Lipinski definition) is 7. The third kappa shape index (κ3) is 6.69. The van der Waals surface area contributed by atoms with Gasteiger partial charge in [0.05, 0.1) is 6.61 Å². The first-order valence-corrected chi connectivity index (χ1v) is 7.67. The number of carboxylic acids is 1. The molecule has 3 N–H and O–H groups in total. The number of hydrogen-bond donors (Lipinski definition) is 3. The Kier molecular flexibility index (Phi) is 8.32. The minimum atomic E-state index is -0.758. The minimum Gasteiger partial charge on any atom is -0.480 e. The summed E-state index contributed by atoms with van der Waals surface area (Å²) in [5, 5.41) is 14.6. The van der Waals surface area contributed by atoms with E-state index in [1.54, 1.807) is 0 Å². The Morgan fingerprint density at radius 2 is 1.59 bits per heavy atom. The Balaban J connectivity index is 0.000000224. The van der Waals surface area contributed by atoms with Crippen LogP contribution >= 0.6 is 0 Å². The summed E-state index contributed by atoms with van der Waals surface area (Å²) in [5.74, 6) is -0.893. The molecule has 0 aliphatic carbocycles. The highest BCUT2D eigenvalue weighted by Gasteiger charge is 2.24. The van der Waals surface area contributed by atoms with Crippen LogP contribution in [0.5, 0.6) is 0 Å². The summed E-state index contributed by atoms with van der Waals surface area (Å²) in [4.78, 5) is 25.8. The number of nitrogens with zero attached hydrogens (tertiary/aromatic N) is 2. The molecule has 0 spiro atoms. The molecule has 8 nitrogen and oxygen atoms in total. The number of nitrogens with one attached hydrogen (secondary N) is 2. The number of carbonyl (C=O) groups excluding carboxylic acids is 1. The van der Waals surface area contributed by atoms with Gasteiger partial charge in [0, 0.05) is 39.3 Å². The molecule has 0 amide bonds. The number of esters is 1. The molecule has 22 heavy (non-hydrogen) atoms. The molecule has 2 aliphatic heterocycles. The summed E-state index contributed by atoms with van der Waals surface area (Å²) < 4.78 is 4.90. The highest BCUT2D eigenvalue weighted by atomic mass is 16.5. The molecule has 128 valence electrons. The molecular formula is C14H28N4O4. The van der Waals surface area contributed by atoms with Crippen LogP contribution in [0.4, 0.5) is 0 Å². The Bertz CT molecular complexity index is 367. The molecule has 0 bridgehead atoms.